The standard InChI is InChI=1S/C13H14N2O5/c1-3-6-14-13(17)9(2)20-12-5-4-11(15(18)19)7-10(12)8-16/h3-5,7-9H,1,6H2,2H3,(H,14,17)/t9-/m1/s1. The number of nitro benzene ring substituents is 1. The molecule has 0 unspecified atom stereocenters. The van der Waals surface area contributed by atoms with E-state index in [1.54, 1.807) is 0 Å². The lowest BCUT2D eigenvalue weighted by molar-refractivity contribution is -0.384. The number of aldehydes is 1. The first-order valence-electron chi connectivity index (χ1n) is 5.78. The van der Waals surface area contributed by atoms with Crippen LogP contribution in [0.25, 0.3) is 0 Å². The zero-order chi connectivity index (χ0) is 15.1. The summed E-state index contributed by atoms with van der Waals surface area (Å²) in [6, 6.07) is 3.59. The molecule has 0 aliphatic heterocycles. The van der Waals surface area contributed by atoms with Gasteiger partial charge < -0.3 is 10.1 Å². The van der Waals surface area contributed by atoms with Crippen LogP contribution in [-0.2, 0) is 4.79 Å². The predicted octanol–water partition coefficient (Wildman–Crippen LogP) is 1.48. The average molecular weight is 278 g/mol. The molecule has 0 fully saturated rings. The average Bonchev–Trinajstić information content (AvgIpc) is 2.44. The number of benzene rings is 1. The molecule has 0 saturated carbocycles. The van der Waals surface area contributed by atoms with Crippen molar-refractivity contribution < 1.29 is 19.2 Å². The van der Waals surface area contributed by atoms with Crippen LogP contribution in [0.3, 0.4) is 0 Å². The van der Waals surface area contributed by atoms with Crippen LogP contribution in [0.2, 0.25) is 0 Å². The third kappa shape index (κ3) is 3.91. The van der Waals surface area contributed by atoms with Gasteiger partial charge in [0.25, 0.3) is 11.6 Å². The number of hydrogen-bond donors (Lipinski definition) is 1. The Morgan fingerprint density at radius 3 is 2.85 bits per heavy atom. The Balaban J connectivity index is 2.86. The molecule has 1 amide bonds. The molecule has 0 aliphatic rings. The lowest BCUT2D eigenvalue weighted by atomic mass is 10.2. The summed E-state index contributed by atoms with van der Waals surface area (Å²) in [5.74, 6) is -0.257. The zero-order valence-corrected chi connectivity index (χ0v) is 10.9. The first-order valence-corrected chi connectivity index (χ1v) is 5.78. The second kappa shape index (κ2) is 7.03. The van der Waals surface area contributed by atoms with Crippen molar-refractivity contribution in [2.75, 3.05) is 6.54 Å². The number of carbonyl (C=O) groups excluding carboxylic acids is 2. The Morgan fingerprint density at radius 1 is 1.60 bits per heavy atom. The van der Waals surface area contributed by atoms with Crippen molar-refractivity contribution in [2.24, 2.45) is 0 Å². The molecule has 0 aliphatic carbocycles. The maximum absolute atomic E-state index is 11.6. The lowest BCUT2D eigenvalue weighted by Gasteiger charge is -2.15. The molecule has 20 heavy (non-hydrogen) atoms. The summed E-state index contributed by atoms with van der Waals surface area (Å²) in [5, 5.41) is 13.1. The Morgan fingerprint density at radius 2 is 2.30 bits per heavy atom. The fourth-order valence-electron chi connectivity index (χ4n) is 1.41. The van der Waals surface area contributed by atoms with E-state index in [4.69, 9.17) is 4.74 Å². The molecule has 1 N–H and O–H groups in total. The van der Waals surface area contributed by atoms with Gasteiger partial charge in [0.2, 0.25) is 0 Å². The van der Waals surface area contributed by atoms with Gasteiger partial charge in [-0.3, -0.25) is 19.7 Å². The van der Waals surface area contributed by atoms with Crippen molar-refractivity contribution in [3.8, 4) is 5.75 Å². The number of amides is 1. The van der Waals surface area contributed by atoms with Gasteiger partial charge in [0.05, 0.1) is 10.5 Å². The van der Waals surface area contributed by atoms with Crippen LogP contribution in [0, 0.1) is 10.1 Å². The van der Waals surface area contributed by atoms with Crippen LogP contribution < -0.4 is 10.1 Å². The van der Waals surface area contributed by atoms with E-state index in [0.29, 0.717) is 12.8 Å². The molecule has 0 heterocycles. The number of nitrogens with zero attached hydrogens (tertiary/aromatic N) is 1. The number of nitro groups is 1. The van der Waals surface area contributed by atoms with Gasteiger partial charge in [0, 0.05) is 18.7 Å². The Labute approximate surface area is 115 Å². The van der Waals surface area contributed by atoms with Crippen molar-refractivity contribution in [2.45, 2.75) is 13.0 Å². The highest BCUT2D eigenvalue weighted by Gasteiger charge is 2.17. The molecule has 1 atom stereocenters. The molecule has 0 aromatic heterocycles. The van der Waals surface area contributed by atoms with E-state index in [1.807, 2.05) is 0 Å². The van der Waals surface area contributed by atoms with Gasteiger partial charge in [-0.1, -0.05) is 6.08 Å². The SMILES string of the molecule is C=CCNC(=O)[C@@H](C)Oc1ccc([N+](=O)[O-])cc1C=O. The van der Waals surface area contributed by atoms with Gasteiger partial charge in [0.15, 0.2) is 12.4 Å². The first kappa shape index (κ1) is 15.4. The van der Waals surface area contributed by atoms with E-state index < -0.39 is 11.0 Å². The molecule has 106 valence electrons. The number of carbonyl (C=O) groups is 2. The van der Waals surface area contributed by atoms with Crippen LogP contribution in [0.5, 0.6) is 5.75 Å². The van der Waals surface area contributed by atoms with Gasteiger partial charge in [-0.25, -0.2) is 0 Å². The predicted molar refractivity (Wildman–Crippen MR) is 71.8 cm³/mol. The van der Waals surface area contributed by atoms with Crippen LogP contribution in [0.4, 0.5) is 5.69 Å². The summed E-state index contributed by atoms with van der Waals surface area (Å²) in [6.07, 6.45) is 1.12. The third-order valence-corrected chi connectivity index (χ3v) is 2.42. The zero-order valence-electron chi connectivity index (χ0n) is 10.9. The van der Waals surface area contributed by atoms with E-state index >= 15 is 0 Å². The summed E-state index contributed by atoms with van der Waals surface area (Å²) >= 11 is 0. The van der Waals surface area contributed by atoms with Crippen LogP contribution in [-0.4, -0.2) is 29.8 Å². The van der Waals surface area contributed by atoms with E-state index in [-0.39, 0.29) is 22.9 Å². The van der Waals surface area contributed by atoms with Crippen LogP contribution in [0.1, 0.15) is 17.3 Å². The van der Waals surface area contributed by atoms with E-state index in [9.17, 15) is 19.7 Å². The molecule has 0 bridgehead atoms. The van der Waals surface area contributed by atoms with Gasteiger partial charge in [-0.15, -0.1) is 6.58 Å². The minimum absolute atomic E-state index is 0.0163. The normalized spacial score (nSPS) is 11.2. The van der Waals surface area contributed by atoms with Gasteiger partial charge in [-0.2, -0.15) is 0 Å². The maximum atomic E-state index is 11.6. The fraction of sp³-hybridized carbons (Fsp3) is 0.231. The van der Waals surface area contributed by atoms with Crippen LogP contribution in [0.15, 0.2) is 30.9 Å². The summed E-state index contributed by atoms with van der Waals surface area (Å²) in [6.45, 7) is 5.27. The second-order valence-corrected chi connectivity index (χ2v) is 3.89. The molecular formula is C13H14N2O5. The molecule has 0 radical (unpaired) electrons. The molecule has 1 aromatic carbocycles. The molecule has 7 heteroatoms. The van der Waals surface area contributed by atoms with Crippen molar-refractivity contribution >= 4 is 17.9 Å². The molecule has 0 spiro atoms. The number of non-ortho nitro benzene ring substituents is 1. The molecular weight excluding hydrogens is 264 g/mol. The summed E-state index contributed by atoms with van der Waals surface area (Å²) < 4.78 is 5.33. The van der Waals surface area contributed by atoms with E-state index in [2.05, 4.69) is 11.9 Å². The Bertz CT molecular complexity index is 542. The van der Waals surface area contributed by atoms with Crippen molar-refractivity contribution in [3.05, 3.63) is 46.5 Å². The smallest absolute Gasteiger partial charge is 0.270 e. The van der Waals surface area contributed by atoms with E-state index in [1.165, 1.54) is 25.1 Å². The minimum Gasteiger partial charge on any atom is -0.480 e. The van der Waals surface area contributed by atoms with Gasteiger partial charge >= 0.3 is 0 Å². The van der Waals surface area contributed by atoms with Crippen molar-refractivity contribution in [1.82, 2.24) is 5.32 Å². The van der Waals surface area contributed by atoms with Crippen molar-refractivity contribution in [1.29, 1.82) is 0 Å². The van der Waals surface area contributed by atoms with Gasteiger partial charge in [0.1, 0.15) is 5.75 Å². The van der Waals surface area contributed by atoms with E-state index in [0.717, 1.165) is 6.07 Å². The first-order chi connectivity index (χ1) is 9.49. The van der Waals surface area contributed by atoms with Gasteiger partial charge in [-0.05, 0) is 13.0 Å². The quantitative estimate of drug-likeness (QED) is 0.352. The highest BCUT2D eigenvalue weighted by atomic mass is 16.6. The highest BCUT2D eigenvalue weighted by molar-refractivity contribution is 5.83. The monoisotopic (exact) mass is 278 g/mol. The second-order valence-electron chi connectivity index (χ2n) is 3.89. The molecule has 7 nitrogen and oxygen atoms in total. The Hall–Kier alpha value is -2.70. The van der Waals surface area contributed by atoms with Crippen LogP contribution >= 0.6 is 0 Å². The Kier molecular flexibility index (Phi) is 5.40. The molecule has 1 aromatic rings. The van der Waals surface area contributed by atoms with Crippen molar-refractivity contribution in [3.63, 3.8) is 0 Å². The highest BCUT2D eigenvalue weighted by Crippen LogP contribution is 2.23. The fourth-order valence-corrected chi connectivity index (χ4v) is 1.41. The lowest BCUT2D eigenvalue weighted by Crippen LogP contribution is -2.36. The topological polar surface area (TPSA) is 98.5 Å². The third-order valence-electron chi connectivity index (χ3n) is 2.42. The summed E-state index contributed by atoms with van der Waals surface area (Å²) in [4.78, 5) is 32.5. The summed E-state index contributed by atoms with van der Waals surface area (Å²) in [5.41, 5.74) is -0.203. The number of hydrogen-bond acceptors (Lipinski definition) is 5. The number of nitrogens with one attached hydrogen (secondary N) is 1. The largest absolute Gasteiger partial charge is 0.480 e. The molecule has 1 rings (SSSR count). The number of ether oxygens (including phenoxy) is 1. The summed E-state index contributed by atoms with van der Waals surface area (Å²) in [7, 11) is 0. The number of rotatable bonds is 7. The molecule has 0 saturated heterocycles. The minimum atomic E-state index is -0.838. The maximum Gasteiger partial charge on any atom is 0.270 e.